The number of carbonyl (C=O) groups excluding carboxylic acids is 1. The van der Waals surface area contributed by atoms with Gasteiger partial charge in [0, 0.05) is 17.5 Å². The van der Waals surface area contributed by atoms with Gasteiger partial charge in [-0.25, -0.2) is 0 Å². The molecule has 0 saturated heterocycles. The summed E-state index contributed by atoms with van der Waals surface area (Å²) < 4.78 is 0. The van der Waals surface area contributed by atoms with Crippen molar-refractivity contribution < 1.29 is 4.79 Å². The lowest BCUT2D eigenvalue weighted by Gasteiger charge is -2.05. The summed E-state index contributed by atoms with van der Waals surface area (Å²) in [7, 11) is 0. The van der Waals surface area contributed by atoms with Crippen molar-refractivity contribution in [2.24, 2.45) is 4.99 Å². The minimum atomic E-state index is -0.119. The minimum absolute atomic E-state index is 0.119. The van der Waals surface area contributed by atoms with E-state index in [2.05, 4.69) is 10.3 Å². The first-order valence-corrected chi connectivity index (χ1v) is 7.37. The van der Waals surface area contributed by atoms with Crippen LogP contribution >= 0.6 is 0 Å². The molecule has 3 nitrogen and oxygen atoms in total. The van der Waals surface area contributed by atoms with E-state index in [1.807, 2.05) is 79.0 Å². The van der Waals surface area contributed by atoms with Crippen LogP contribution in [0.3, 0.4) is 0 Å². The Bertz CT molecular complexity index is 794. The van der Waals surface area contributed by atoms with Crippen molar-refractivity contribution in [3.05, 3.63) is 96.1 Å². The summed E-state index contributed by atoms with van der Waals surface area (Å²) >= 11 is 0. The minimum Gasteiger partial charge on any atom is -0.322 e. The van der Waals surface area contributed by atoms with E-state index in [-0.39, 0.29) is 5.91 Å². The summed E-state index contributed by atoms with van der Waals surface area (Å²) in [6.07, 6.45) is 1.82. The van der Waals surface area contributed by atoms with Crippen molar-refractivity contribution in [1.29, 1.82) is 0 Å². The highest BCUT2D eigenvalue weighted by molar-refractivity contribution is 6.04. The first kappa shape index (κ1) is 14.7. The van der Waals surface area contributed by atoms with Gasteiger partial charge in [-0.2, -0.15) is 0 Å². The maximum absolute atomic E-state index is 12.1. The summed E-state index contributed by atoms with van der Waals surface area (Å²) in [5, 5.41) is 2.87. The Morgan fingerprint density at radius 1 is 0.783 bits per heavy atom. The number of aliphatic imine (C=N–C) groups is 1. The molecule has 23 heavy (non-hydrogen) atoms. The van der Waals surface area contributed by atoms with E-state index in [9.17, 15) is 4.79 Å². The fourth-order valence-electron chi connectivity index (χ4n) is 2.11. The molecule has 0 aromatic heterocycles. The van der Waals surface area contributed by atoms with E-state index in [0.717, 1.165) is 16.9 Å². The summed E-state index contributed by atoms with van der Waals surface area (Å²) in [6, 6.07) is 26.5. The number of anilines is 1. The van der Waals surface area contributed by atoms with E-state index < -0.39 is 0 Å². The summed E-state index contributed by atoms with van der Waals surface area (Å²) in [4.78, 5) is 16.5. The van der Waals surface area contributed by atoms with Crippen molar-refractivity contribution in [3.8, 4) is 0 Å². The molecule has 112 valence electrons. The zero-order valence-electron chi connectivity index (χ0n) is 12.5. The van der Waals surface area contributed by atoms with Gasteiger partial charge >= 0.3 is 0 Å². The first-order chi connectivity index (χ1) is 11.3. The molecule has 0 saturated carbocycles. The van der Waals surface area contributed by atoms with Crippen LogP contribution in [0.15, 0.2) is 89.9 Å². The number of hydrogen-bond acceptors (Lipinski definition) is 2. The topological polar surface area (TPSA) is 41.5 Å². The van der Waals surface area contributed by atoms with Gasteiger partial charge in [0.05, 0.1) is 5.69 Å². The lowest BCUT2D eigenvalue weighted by atomic mass is 10.2. The molecule has 0 heterocycles. The highest BCUT2D eigenvalue weighted by atomic mass is 16.1. The second-order valence-corrected chi connectivity index (χ2v) is 5.04. The van der Waals surface area contributed by atoms with Gasteiger partial charge in [0.2, 0.25) is 0 Å². The molecule has 3 aromatic carbocycles. The summed E-state index contributed by atoms with van der Waals surface area (Å²) in [5.41, 5.74) is 3.27. The number of rotatable bonds is 4. The molecule has 0 spiro atoms. The molecule has 0 aliphatic heterocycles. The Balaban J connectivity index is 1.65. The van der Waals surface area contributed by atoms with Crippen LogP contribution in [-0.2, 0) is 0 Å². The standard InChI is InChI=1S/C20H16N2O/c23-20(17-9-5-2-6-10-17)22-19-13-11-18(12-14-19)21-15-16-7-3-1-4-8-16/h1-15H,(H,22,23). The molecule has 3 rings (SSSR count). The molecule has 0 radical (unpaired) electrons. The second kappa shape index (κ2) is 7.18. The molecule has 1 amide bonds. The van der Waals surface area contributed by atoms with Crippen molar-refractivity contribution in [2.75, 3.05) is 5.32 Å². The Morgan fingerprint density at radius 3 is 2.04 bits per heavy atom. The van der Waals surface area contributed by atoms with E-state index in [1.165, 1.54) is 0 Å². The van der Waals surface area contributed by atoms with Crippen LogP contribution in [0.4, 0.5) is 11.4 Å². The molecular formula is C20H16N2O. The predicted molar refractivity (Wildman–Crippen MR) is 94.5 cm³/mol. The molecule has 0 bridgehead atoms. The van der Waals surface area contributed by atoms with Gasteiger partial charge in [0.1, 0.15) is 0 Å². The zero-order chi connectivity index (χ0) is 15.9. The molecule has 0 unspecified atom stereocenters. The number of benzene rings is 3. The van der Waals surface area contributed by atoms with E-state index in [1.54, 1.807) is 12.1 Å². The molecule has 0 aliphatic rings. The van der Waals surface area contributed by atoms with Crippen molar-refractivity contribution in [2.45, 2.75) is 0 Å². The van der Waals surface area contributed by atoms with E-state index >= 15 is 0 Å². The van der Waals surface area contributed by atoms with Gasteiger partial charge in [0.15, 0.2) is 0 Å². The van der Waals surface area contributed by atoms with Gasteiger partial charge in [-0.05, 0) is 42.0 Å². The highest BCUT2D eigenvalue weighted by Crippen LogP contribution is 2.17. The van der Waals surface area contributed by atoms with Crippen molar-refractivity contribution in [1.82, 2.24) is 0 Å². The van der Waals surface area contributed by atoms with Crippen molar-refractivity contribution >= 4 is 23.5 Å². The van der Waals surface area contributed by atoms with Crippen LogP contribution in [0.25, 0.3) is 0 Å². The maximum atomic E-state index is 12.1. The maximum Gasteiger partial charge on any atom is 0.255 e. The Labute approximate surface area is 135 Å². The lowest BCUT2D eigenvalue weighted by Crippen LogP contribution is -2.11. The summed E-state index contributed by atoms with van der Waals surface area (Å²) in [6.45, 7) is 0. The normalized spacial score (nSPS) is 10.6. The van der Waals surface area contributed by atoms with Gasteiger partial charge in [-0.1, -0.05) is 48.5 Å². The fraction of sp³-hybridized carbons (Fsp3) is 0. The van der Waals surface area contributed by atoms with Gasteiger partial charge in [-0.15, -0.1) is 0 Å². The monoisotopic (exact) mass is 300 g/mol. The number of nitrogens with one attached hydrogen (secondary N) is 1. The number of amides is 1. The molecular weight excluding hydrogens is 284 g/mol. The Hall–Kier alpha value is -3.20. The third-order valence-corrected chi connectivity index (χ3v) is 3.32. The zero-order valence-corrected chi connectivity index (χ0v) is 12.5. The third kappa shape index (κ3) is 4.14. The average Bonchev–Trinajstić information content (AvgIpc) is 2.63. The highest BCUT2D eigenvalue weighted by Gasteiger charge is 2.04. The third-order valence-electron chi connectivity index (χ3n) is 3.32. The Morgan fingerprint density at radius 2 is 1.39 bits per heavy atom. The lowest BCUT2D eigenvalue weighted by molar-refractivity contribution is 0.102. The number of carbonyl (C=O) groups is 1. The smallest absolute Gasteiger partial charge is 0.255 e. The number of nitrogens with zero attached hydrogens (tertiary/aromatic N) is 1. The second-order valence-electron chi connectivity index (χ2n) is 5.04. The van der Waals surface area contributed by atoms with Crippen LogP contribution in [0.1, 0.15) is 15.9 Å². The fourth-order valence-corrected chi connectivity index (χ4v) is 2.11. The van der Waals surface area contributed by atoms with Gasteiger partial charge < -0.3 is 5.32 Å². The molecule has 1 N–H and O–H groups in total. The molecule has 3 aromatic rings. The van der Waals surface area contributed by atoms with Gasteiger partial charge in [-0.3, -0.25) is 9.79 Å². The molecule has 0 fully saturated rings. The van der Waals surface area contributed by atoms with Crippen molar-refractivity contribution in [3.63, 3.8) is 0 Å². The summed E-state index contributed by atoms with van der Waals surface area (Å²) in [5.74, 6) is -0.119. The van der Waals surface area contributed by atoms with Crippen LogP contribution in [0.2, 0.25) is 0 Å². The SMILES string of the molecule is O=C(Nc1ccc(N=Cc2ccccc2)cc1)c1ccccc1. The van der Waals surface area contributed by atoms with E-state index in [0.29, 0.717) is 5.56 Å². The van der Waals surface area contributed by atoms with Crippen LogP contribution in [0, 0.1) is 0 Å². The molecule has 0 atom stereocenters. The van der Waals surface area contributed by atoms with Gasteiger partial charge in [0.25, 0.3) is 5.91 Å². The van der Waals surface area contributed by atoms with Crippen LogP contribution in [-0.4, -0.2) is 12.1 Å². The largest absolute Gasteiger partial charge is 0.322 e. The Kier molecular flexibility index (Phi) is 4.60. The number of hydrogen-bond donors (Lipinski definition) is 1. The first-order valence-electron chi connectivity index (χ1n) is 7.37. The van der Waals surface area contributed by atoms with Crippen LogP contribution < -0.4 is 5.32 Å². The average molecular weight is 300 g/mol. The van der Waals surface area contributed by atoms with E-state index in [4.69, 9.17) is 0 Å². The molecule has 0 aliphatic carbocycles. The molecule has 3 heteroatoms. The quantitative estimate of drug-likeness (QED) is 0.698. The van der Waals surface area contributed by atoms with Crippen LogP contribution in [0.5, 0.6) is 0 Å². The predicted octanol–water partition coefficient (Wildman–Crippen LogP) is 4.69.